The van der Waals surface area contributed by atoms with Gasteiger partial charge in [0.25, 0.3) is 0 Å². The minimum Gasteiger partial charge on any atom is -0.302 e. The number of benzene rings is 1. The van der Waals surface area contributed by atoms with Crippen LogP contribution in [0.5, 0.6) is 0 Å². The molecule has 1 aliphatic rings. The van der Waals surface area contributed by atoms with Gasteiger partial charge in [-0.3, -0.25) is 9.59 Å². The highest BCUT2D eigenvalue weighted by Crippen LogP contribution is 2.38. The maximum absolute atomic E-state index is 12.2. The van der Waals surface area contributed by atoms with E-state index >= 15 is 0 Å². The number of thioether (sulfide) groups is 1. The summed E-state index contributed by atoms with van der Waals surface area (Å²) in [6.07, 6.45) is 2.52. The van der Waals surface area contributed by atoms with Crippen molar-refractivity contribution in [1.29, 1.82) is 0 Å². The fourth-order valence-corrected chi connectivity index (χ4v) is 4.82. The summed E-state index contributed by atoms with van der Waals surface area (Å²) in [7, 11) is 0. The number of carbonyl (C=O) groups excluding carboxylic acids is 2. The van der Waals surface area contributed by atoms with Gasteiger partial charge in [-0.15, -0.1) is 11.8 Å². The molecule has 0 saturated heterocycles. The van der Waals surface area contributed by atoms with E-state index in [0.29, 0.717) is 22.9 Å². The van der Waals surface area contributed by atoms with Gasteiger partial charge in [0.1, 0.15) is 0 Å². The molecule has 7 heteroatoms. The molecule has 0 fully saturated rings. The van der Waals surface area contributed by atoms with E-state index in [1.807, 2.05) is 24.3 Å². The minimum absolute atomic E-state index is 0.0560. The Bertz CT molecular complexity index is 815. The molecule has 1 aromatic heterocycles. The Kier molecular flexibility index (Phi) is 6.05. The summed E-state index contributed by atoms with van der Waals surface area (Å²) in [4.78, 5) is 30.7. The van der Waals surface area contributed by atoms with Gasteiger partial charge in [0.2, 0.25) is 5.91 Å². The number of carbonyl (C=O) groups is 2. The van der Waals surface area contributed by atoms with Crippen molar-refractivity contribution in [2.24, 2.45) is 5.41 Å². The Hall–Kier alpha value is -1.37. The Morgan fingerprint density at radius 3 is 2.77 bits per heavy atom. The first-order valence-corrected chi connectivity index (χ1v) is 10.7. The maximum atomic E-state index is 12.2. The zero-order chi connectivity index (χ0) is 18.7. The number of hydrogen-bond acceptors (Lipinski definition) is 5. The zero-order valence-electron chi connectivity index (χ0n) is 14.8. The number of nitrogens with zero attached hydrogens (tertiary/aromatic N) is 1. The van der Waals surface area contributed by atoms with Crippen LogP contribution >= 0.6 is 34.7 Å². The third-order valence-electron chi connectivity index (χ3n) is 4.11. The molecule has 1 N–H and O–H groups in total. The zero-order valence-corrected chi connectivity index (χ0v) is 17.2. The van der Waals surface area contributed by atoms with Gasteiger partial charge in [0, 0.05) is 22.8 Å². The molecular weight excluding hydrogens is 388 g/mol. The van der Waals surface area contributed by atoms with Crippen LogP contribution in [0.4, 0.5) is 5.13 Å². The lowest BCUT2D eigenvalue weighted by Gasteiger charge is -2.26. The number of nitrogens with one attached hydrogen (secondary N) is 1. The number of thiazole rings is 1. The summed E-state index contributed by atoms with van der Waals surface area (Å²) in [5.41, 5.74) is 0.767. The molecule has 0 unspecified atom stereocenters. The normalized spacial score (nSPS) is 15.6. The van der Waals surface area contributed by atoms with E-state index < -0.39 is 0 Å². The fourth-order valence-electron chi connectivity index (χ4n) is 2.91. The molecule has 0 radical (unpaired) electrons. The van der Waals surface area contributed by atoms with Crippen LogP contribution in [0.3, 0.4) is 0 Å². The molecular formula is C19H21ClN2O2S2. The van der Waals surface area contributed by atoms with Gasteiger partial charge < -0.3 is 5.32 Å². The van der Waals surface area contributed by atoms with Crippen molar-refractivity contribution in [2.75, 3.05) is 11.1 Å². The lowest BCUT2D eigenvalue weighted by Crippen LogP contribution is -2.26. The third kappa shape index (κ3) is 5.09. The van der Waals surface area contributed by atoms with Crippen LogP contribution in [0.2, 0.25) is 5.02 Å². The Morgan fingerprint density at radius 1 is 1.31 bits per heavy atom. The van der Waals surface area contributed by atoms with E-state index in [0.717, 1.165) is 34.2 Å². The highest BCUT2D eigenvalue weighted by molar-refractivity contribution is 7.99. The van der Waals surface area contributed by atoms with Gasteiger partial charge >= 0.3 is 0 Å². The van der Waals surface area contributed by atoms with Crippen molar-refractivity contribution in [2.45, 2.75) is 44.4 Å². The number of rotatable bonds is 6. The molecule has 1 aromatic carbocycles. The number of aromatic nitrogens is 1. The van der Waals surface area contributed by atoms with E-state index in [1.165, 1.54) is 11.3 Å². The van der Waals surface area contributed by atoms with E-state index in [4.69, 9.17) is 11.6 Å². The second-order valence-corrected chi connectivity index (χ2v) is 9.79. The average molecular weight is 409 g/mol. The summed E-state index contributed by atoms with van der Waals surface area (Å²) in [6.45, 7) is 4.15. The predicted octanol–water partition coefficient (Wildman–Crippen LogP) is 5.46. The number of amides is 1. The first-order valence-electron chi connectivity index (χ1n) is 8.53. The van der Waals surface area contributed by atoms with Crippen molar-refractivity contribution < 1.29 is 9.59 Å². The Balaban J connectivity index is 1.47. The number of Topliss-reactive ketones (excluding diaryl/α,β-unsaturated/α-hetero) is 1. The van der Waals surface area contributed by atoms with Crippen LogP contribution in [0, 0.1) is 5.41 Å². The van der Waals surface area contributed by atoms with E-state index in [2.05, 4.69) is 24.1 Å². The smallest absolute Gasteiger partial charge is 0.226 e. The van der Waals surface area contributed by atoms with E-state index in [9.17, 15) is 9.59 Å². The van der Waals surface area contributed by atoms with Crippen molar-refractivity contribution in [3.05, 3.63) is 39.9 Å². The van der Waals surface area contributed by atoms with Crippen molar-refractivity contribution in [1.82, 2.24) is 4.98 Å². The lowest BCUT2D eigenvalue weighted by molar-refractivity contribution is -0.116. The van der Waals surface area contributed by atoms with Crippen LogP contribution < -0.4 is 5.32 Å². The molecule has 2 aromatic rings. The van der Waals surface area contributed by atoms with Gasteiger partial charge in [-0.25, -0.2) is 4.98 Å². The molecule has 0 spiro atoms. The van der Waals surface area contributed by atoms with Crippen molar-refractivity contribution >= 4 is 51.5 Å². The number of ketones is 1. The number of fused-ring (bicyclic) bond motifs is 1. The maximum Gasteiger partial charge on any atom is 0.226 e. The lowest BCUT2D eigenvalue weighted by atomic mass is 9.78. The largest absolute Gasteiger partial charge is 0.302 e. The molecule has 0 bridgehead atoms. The van der Waals surface area contributed by atoms with Crippen LogP contribution in [0.1, 0.15) is 48.5 Å². The van der Waals surface area contributed by atoms with Gasteiger partial charge in [0.15, 0.2) is 10.9 Å². The van der Waals surface area contributed by atoms with Gasteiger partial charge in [-0.1, -0.05) is 36.8 Å². The van der Waals surface area contributed by atoms with Gasteiger partial charge in [-0.2, -0.15) is 0 Å². The Morgan fingerprint density at radius 2 is 2.04 bits per heavy atom. The number of anilines is 1. The summed E-state index contributed by atoms with van der Waals surface area (Å²) >= 11 is 8.87. The molecule has 138 valence electrons. The van der Waals surface area contributed by atoms with Crippen LogP contribution in [0.25, 0.3) is 0 Å². The van der Waals surface area contributed by atoms with Gasteiger partial charge in [0.05, 0.1) is 10.6 Å². The fraction of sp³-hybridized carbons (Fsp3) is 0.421. The quantitative estimate of drug-likeness (QED) is 0.509. The number of hydrogen-bond donors (Lipinski definition) is 1. The highest BCUT2D eigenvalue weighted by Gasteiger charge is 2.34. The monoisotopic (exact) mass is 408 g/mol. The van der Waals surface area contributed by atoms with Crippen molar-refractivity contribution in [3.8, 4) is 0 Å². The predicted molar refractivity (Wildman–Crippen MR) is 109 cm³/mol. The standard InChI is InChI=1S/C19H21ClN2O2S2/c1-19(2)10-14-17(15(23)11-19)26-18(21-14)22-16(24)4-3-9-25-13-7-5-12(20)6-8-13/h5-8H,3-4,9-11H2,1-2H3,(H,21,22,24). The topological polar surface area (TPSA) is 59.1 Å². The number of halogens is 1. The summed E-state index contributed by atoms with van der Waals surface area (Å²) in [6, 6.07) is 7.68. The first kappa shape index (κ1) is 19.4. The molecule has 1 heterocycles. The highest BCUT2D eigenvalue weighted by atomic mass is 35.5. The Labute approximate surface area is 166 Å². The second kappa shape index (κ2) is 8.11. The molecule has 4 nitrogen and oxygen atoms in total. The molecule has 0 atom stereocenters. The van der Waals surface area contributed by atoms with Crippen LogP contribution in [0.15, 0.2) is 29.2 Å². The summed E-state index contributed by atoms with van der Waals surface area (Å²) < 4.78 is 0. The molecule has 1 aliphatic carbocycles. The second-order valence-electron chi connectivity index (χ2n) is 7.19. The molecule has 3 rings (SSSR count). The third-order valence-corrected chi connectivity index (χ3v) is 6.52. The molecule has 0 aliphatic heterocycles. The SMILES string of the molecule is CC1(C)CC(=O)c2sc(NC(=O)CCCSc3ccc(Cl)cc3)nc2C1. The summed E-state index contributed by atoms with van der Waals surface area (Å²) in [5, 5.41) is 4.10. The van der Waals surface area contributed by atoms with Crippen molar-refractivity contribution in [3.63, 3.8) is 0 Å². The van der Waals surface area contributed by atoms with E-state index in [1.54, 1.807) is 11.8 Å². The first-order chi connectivity index (χ1) is 12.3. The summed E-state index contributed by atoms with van der Waals surface area (Å²) in [5.74, 6) is 0.934. The molecule has 0 saturated carbocycles. The molecule has 26 heavy (non-hydrogen) atoms. The average Bonchev–Trinajstić information content (AvgIpc) is 2.94. The van der Waals surface area contributed by atoms with Gasteiger partial charge in [-0.05, 0) is 48.3 Å². The minimum atomic E-state index is -0.0572. The van der Waals surface area contributed by atoms with Crippen LogP contribution in [-0.2, 0) is 11.2 Å². The molecule has 1 amide bonds. The van der Waals surface area contributed by atoms with E-state index in [-0.39, 0.29) is 17.1 Å². The van der Waals surface area contributed by atoms with Crippen LogP contribution in [-0.4, -0.2) is 22.4 Å².